The summed E-state index contributed by atoms with van der Waals surface area (Å²) in [7, 11) is -0.976. The number of ether oxygens (including phenoxy) is 2. The minimum absolute atomic E-state index is 0.149. The molecule has 1 saturated heterocycles. The molecule has 0 unspecified atom stereocenters. The average molecular weight is 431 g/mol. The summed E-state index contributed by atoms with van der Waals surface area (Å²) in [5.74, 6) is -0.754. The summed E-state index contributed by atoms with van der Waals surface area (Å²) in [6.45, 7) is 9.41. The molecule has 28 heavy (non-hydrogen) atoms. The molecule has 1 aliphatic heterocycles. The van der Waals surface area contributed by atoms with E-state index in [4.69, 9.17) is 9.47 Å². The lowest BCUT2D eigenvalue weighted by molar-refractivity contribution is 0.0527. The van der Waals surface area contributed by atoms with Crippen molar-refractivity contribution in [1.29, 1.82) is 0 Å². The normalized spacial score (nSPS) is 21.9. The van der Waals surface area contributed by atoms with E-state index in [1.54, 1.807) is 25.7 Å². The van der Waals surface area contributed by atoms with E-state index in [1.165, 1.54) is 0 Å². The molecule has 1 aromatic heterocycles. The molecule has 0 aromatic carbocycles. The number of urea groups is 1. The lowest BCUT2D eigenvalue weighted by atomic mass is 10.1. The van der Waals surface area contributed by atoms with E-state index in [0.29, 0.717) is 17.9 Å². The number of anilines is 1. The fourth-order valence-corrected chi connectivity index (χ4v) is 5.36. The van der Waals surface area contributed by atoms with E-state index in [-0.39, 0.29) is 39.9 Å². The lowest BCUT2D eigenvalue weighted by Gasteiger charge is -2.37. The zero-order chi connectivity index (χ0) is 21.0. The van der Waals surface area contributed by atoms with E-state index in [0.717, 1.165) is 11.3 Å². The Morgan fingerprint density at radius 3 is 2.39 bits per heavy atom. The molecule has 0 spiro atoms. The number of thiophene rings is 1. The van der Waals surface area contributed by atoms with Gasteiger partial charge < -0.3 is 14.4 Å². The monoisotopic (exact) mass is 430 g/mol. The Morgan fingerprint density at radius 1 is 1.18 bits per heavy atom. The Labute approximate surface area is 171 Å². The third kappa shape index (κ3) is 4.54. The van der Waals surface area contributed by atoms with E-state index >= 15 is 0 Å². The van der Waals surface area contributed by atoms with Crippen molar-refractivity contribution in [3.8, 4) is 0 Å². The van der Waals surface area contributed by atoms with Crippen molar-refractivity contribution in [3.63, 3.8) is 0 Å². The molecule has 0 aliphatic carbocycles. The average Bonchev–Trinajstić information content (AvgIpc) is 2.96. The molecule has 1 N–H and O–H groups in total. The second-order valence-corrected chi connectivity index (χ2v) is 9.29. The van der Waals surface area contributed by atoms with Crippen molar-refractivity contribution < 1.29 is 28.1 Å². The van der Waals surface area contributed by atoms with Gasteiger partial charge in [-0.2, -0.15) is 0 Å². The summed E-state index contributed by atoms with van der Waals surface area (Å²) < 4.78 is 22.1. The number of amides is 2. The van der Waals surface area contributed by atoms with Gasteiger partial charge in [-0.15, -0.1) is 11.3 Å². The van der Waals surface area contributed by atoms with Gasteiger partial charge in [-0.25, -0.2) is 14.4 Å². The standard InChI is InChI=1S/C18H26N2O6S2/c1-6-25-16(21)13-10(3)14(17(22)26-7-2)27-15(13)19-18(23)20-8-9-28(24)12(5)11(20)4/h11-12H,6-9H2,1-5H3,(H,19,23)/t11-,12-,28+/m1/s1. The molecule has 2 rings (SSSR count). The lowest BCUT2D eigenvalue weighted by Crippen LogP contribution is -2.53. The van der Waals surface area contributed by atoms with Crippen LogP contribution in [-0.2, 0) is 20.3 Å². The summed E-state index contributed by atoms with van der Waals surface area (Å²) >= 11 is 0.989. The van der Waals surface area contributed by atoms with Crippen LogP contribution in [0.1, 0.15) is 53.3 Å². The number of esters is 2. The van der Waals surface area contributed by atoms with Crippen LogP contribution in [-0.4, -0.2) is 63.9 Å². The molecular formula is C18H26N2O6S2. The predicted molar refractivity (Wildman–Crippen MR) is 109 cm³/mol. The largest absolute Gasteiger partial charge is 0.462 e. The first-order valence-electron chi connectivity index (χ1n) is 9.15. The number of hydrogen-bond donors (Lipinski definition) is 1. The van der Waals surface area contributed by atoms with E-state index < -0.39 is 28.8 Å². The number of carbonyl (C=O) groups excluding carboxylic acids is 3. The molecule has 1 fully saturated rings. The van der Waals surface area contributed by atoms with Crippen LogP contribution in [0.5, 0.6) is 0 Å². The highest BCUT2D eigenvalue weighted by Crippen LogP contribution is 2.35. The third-order valence-electron chi connectivity index (χ3n) is 4.69. The maximum Gasteiger partial charge on any atom is 0.348 e. The molecule has 2 amide bonds. The Kier molecular flexibility index (Phi) is 7.59. The zero-order valence-electron chi connectivity index (χ0n) is 16.7. The molecule has 8 nitrogen and oxygen atoms in total. The van der Waals surface area contributed by atoms with Crippen LogP contribution >= 0.6 is 11.3 Å². The second-order valence-electron chi connectivity index (χ2n) is 6.36. The van der Waals surface area contributed by atoms with Crippen molar-refractivity contribution in [2.75, 3.05) is 30.8 Å². The van der Waals surface area contributed by atoms with Crippen molar-refractivity contribution in [1.82, 2.24) is 4.90 Å². The molecule has 0 radical (unpaired) electrons. The molecule has 1 aliphatic rings. The number of nitrogens with one attached hydrogen (secondary N) is 1. The highest BCUT2D eigenvalue weighted by atomic mass is 32.2. The van der Waals surface area contributed by atoms with Gasteiger partial charge in [-0.1, -0.05) is 0 Å². The number of rotatable bonds is 5. The van der Waals surface area contributed by atoms with Gasteiger partial charge in [0.15, 0.2) is 0 Å². The second kappa shape index (κ2) is 9.51. The summed E-state index contributed by atoms with van der Waals surface area (Å²) in [6.07, 6.45) is 0. The molecule has 2 heterocycles. The highest BCUT2D eigenvalue weighted by molar-refractivity contribution is 7.85. The smallest absolute Gasteiger partial charge is 0.348 e. The van der Waals surface area contributed by atoms with Gasteiger partial charge >= 0.3 is 18.0 Å². The quantitative estimate of drug-likeness (QED) is 0.721. The number of carbonyl (C=O) groups is 3. The number of hydrogen-bond acceptors (Lipinski definition) is 7. The molecular weight excluding hydrogens is 404 g/mol. The molecule has 0 bridgehead atoms. The fourth-order valence-electron chi connectivity index (χ4n) is 2.95. The van der Waals surface area contributed by atoms with Gasteiger partial charge in [0.05, 0.1) is 24.0 Å². The highest BCUT2D eigenvalue weighted by Gasteiger charge is 2.34. The van der Waals surface area contributed by atoms with Crippen LogP contribution in [0.4, 0.5) is 9.80 Å². The topological polar surface area (TPSA) is 102 Å². The minimum atomic E-state index is -0.976. The number of nitrogens with zero attached hydrogens (tertiary/aromatic N) is 1. The van der Waals surface area contributed by atoms with E-state index in [9.17, 15) is 18.6 Å². The minimum Gasteiger partial charge on any atom is -0.462 e. The van der Waals surface area contributed by atoms with Crippen molar-refractivity contribution in [2.45, 2.75) is 45.9 Å². The maximum atomic E-state index is 12.8. The van der Waals surface area contributed by atoms with Gasteiger partial charge in [0.1, 0.15) is 9.88 Å². The van der Waals surface area contributed by atoms with Crippen molar-refractivity contribution >= 4 is 45.1 Å². The van der Waals surface area contributed by atoms with Crippen LogP contribution in [0, 0.1) is 6.92 Å². The molecule has 156 valence electrons. The van der Waals surface area contributed by atoms with Crippen LogP contribution in [0.15, 0.2) is 0 Å². The Balaban J connectivity index is 2.34. The summed E-state index contributed by atoms with van der Waals surface area (Å²) in [4.78, 5) is 39.3. The fraction of sp³-hybridized carbons (Fsp3) is 0.611. The van der Waals surface area contributed by atoms with Gasteiger partial charge in [-0.05, 0) is 40.2 Å². The van der Waals surface area contributed by atoms with Gasteiger partial charge in [0.25, 0.3) is 0 Å². The Bertz CT molecular complexity index is 791. The first-order chi connectivity index (χ1) is 13.2. The molecule has 1 aromatic rings. The van der Waals surface area contributed by atoms with E-state index in [2.05, 4.69) is 5.32 Å². The zero-order valence-corrected chi connectivity index (χ0v) is 18.3. The van der Waals surface area contributed by atoms with Crippen molar-refractivity contribution in [2.24, 2.45) is 0 Å². The predicted octanol–water partition coefficient (Wildman–Crippen LogP) is 2.78. The Morgan fingerprint density at radius 2 is 1.79 bits per heavy atom. The third-order valence-corrected chi connectivity index (χ3v) is 7.68. The van der Waals surface area contributed by atoms with Gasteiger partial charge in [-0.3, -0.25) is 9.53 Å². The van der Waals surface area contributed by atoms with Gasteiger partial charge in [0.2, 0.25) is 0 Å². The van der Waals surface area contributed by atoms with Crippen LogP contribution in [0.3, 0.4) is 0 Å². The molecule has 0 saturated carbocycles. The first-order valence-corrected chi connectivity index (χ1v) is 11.3. The Hall–Kier alpha value is -1.94. The van der Waals surface area contributed by atoms with Crippen LogP contribution < -0.4 is 5.32 Å². The van der Waals surface area contributed by atoms with E-state index in [1.807, 2.05) is 13.8 Å². The SMILES string of the molecule is CCOC(=O)c1sc(NC(=O)N2CC[S@](=O)[C@H](C)[C@H]2C)c(C(=O)OCC)c1C. The van der Waals surface area contributed by atoms with Crippen molar-refractivity contribution in [3.05, 3.63) is 16.0 Å². The summed E-state index contributed by atoms with van der Waals surface area (Å²) in [6, 6.07) is -0.621. The summed E-state index contributed by atoms with van der Waals surface area (Å²) in [5.41, 5.74) is 0.572. The first kappa shape index (κ1) is 22.4. The molecule has 10 heteroatoms. The summed E-state index contributed by atoms with van der Waals surface area (Å²) in [5, 5.41) is 2.84. The molecule has 3 atom stereocenters. The van der Waals surface area contributed by atoms with Crippen LogP contribution in [0.2, 0.25) is 0 Å². The maximum absolute atomic E-state index is 12.8. The van der Waals surface area contributed by atoms with Gasteiger partial charge in [0, 0.05) is 29.1 Å². The van der Waals surface area contributed by atoms with Crippen LogP contribution in [0.25, 0.3) is 0 Å².